The van der Waals surface area contributed by atoms with E-state index in [1.165, 1.54) is 20.3 Å². The topological polar surface area (TPSA) is 130 Å². The molecule has 0 saturated heterocycles. The predicted molar refractivity (Wildman–Crippen MR) is 165 cm³/mol. The highest BCUT2D eigenvalue weighted by Gasteiger charge is 2.32. The first-order valence-electron chi connectivity index (χ1n) is 13.5. The zero-order chi connectivity index (χ0) is 29.2. The van der Waals surface area contributed by atoms with E-state index in [4.69, 9.17) is 14.2 Å². The predicted octanol–water partition coefficient (Wildman–Crippen LogP) is 4.46. The highest BCUT2D eigenvalue weighted by molar-refractivity contribution is 6.39. The Balaban J connectivity index is 2.07. The van der Waals surface area contributed by atoms with Gasteiger partial charge in [-0.1, -0.05) is 25.5 Å². The van der Waals surface area contributed by atoms with Crippen molar-refractivity contribution >= 4 is 60.5 Å². The standard InChI is InChI=1S/C31H32N4O6/c1-7-32-34-16-11-18(39-4)24-25-19(40-5)12-17(36)23-27(25)20-14(28(29(23)37)35-33-8-2)9-13(3)10-15-21(20)26(24)22(16)30(38)31(15)41-6/h9,11-12,32-36H,7-8,10H2,1-6H3. The number of rotatable bonds is 9. The van der Waals surface area contributed by atoms with Gasteiger partial charge in [-0.25, -0.2) is 10.9 Å². The van der Waals surface area contributed by atoms with Gasteiger partial charge >= 0.3 is 0 Å². The lowest BCUT2D eigenvalue weighted by atomic mass is 9.83. The van der Waals surface area contributed by atoms with Crippen LogP contribution in [0.4, 0.5) is 11.4 Å². The van der Waals surface area contributed by atoms with Gasteiger partial charge in [-0.3, -0.25) is 9.59 Å². The number of allylic oxidation sites excluding steroid dienone is 1. The average molecular weight is 557 g/mol. The van der Waals surface area contributed by atoms with E-state index < -0.39 is 0 Å². The van der Waals surface area contributed by atoms with Crippen molar-refractivity contribution in [2.24, 2.45) is 0 Å². The molecule has 1 aliphatic carbocycles. The monoisotopic (exact) mass is 556 g/mol. The lowest BCUT2D eigenvalue weighted by Crippen LogP contribution is -2.26. The van der Waals surface area contributed by atoms with Crippen LogP contribution in [0.5, 0.6) is 23.0 Å². The first kappa shape index (κ1) is 26.7. The lowest BCUT2D eigenvalue weighted by molar-refractivity contribution is 0.408. The van der Waals surface area contributed by atoms with E-state index in [9.17, 15) is 14.7 Å². The molecule has 6 rings (SSSR count). The Kier molecular flexibility index (Phi) is 6.39. The molecule has 212 valence electrons. The van der Waals surface area contributed by atoms with Crippen LogP contribution in [0.25, 0.3) is 49.2 Å². The molecule has 0 radical (unpaired) electrons. The molecular formula is C31H32N4O6. The molecule has 0 heterocycles. The third-order valence-corrected chi connectivity index (χ3v) is 7.84. The number of anilines is 2. The van der Waals surface area contributed by atoms with Crippen molar-refractivity contribution in [2.45, 2.75) is 27.2 Å². The van der Waals surface area contributed by atoms with Gasteiger partial charge in [-0.05, 0) is 18.7 Å². The van der Waals surface area contributed by atoms with Crippen LogP contribution in [-0.2, 0) is 6.42 Å². The third-order valence-electron chi connectivity index (χ3n) is 7.84. The van der Waals surface area contributed by atoms with Crippen molar-refractivity contribution in [3.05, 3.63) is 49.3 Å². The Morgan fingerprint density at radius 3 is 2.02 bits per heavy atom. The van der Waals surface area contributed by atoms with Crippen LogP contribution >= 0.6 is 0 Å². The Bertz CT molecular complexity index is 2020. The largest absolute Gasteiger partial charge is 0.507 e. The fraction of sp³-hybridized carbons (Fsp3) is 0.290. The van der Waals surface area contributed by atoms with Crippen molar-refractivity contribution in [1.29, 1.82) is 0 Å². The van der Waals surface area contributed by atoms with E-state index in [0.29, 0.717) is 80.4 Å². The molecule has 0 saturated carbocycles. The number of hydrogen-bond acceptors (Lipinski definition) is 10. The van der Waals surface area contributed by atoms with Crippen LogP contribution in [0.2, 0.25) is 0 Å². The molecule has 5 N–H and O–H groups in total. The maximum absolute atomic E-state index is 14.2. The van der Waals surface area contributed by atoms with Gasteiger partial charge in [-0.2, -0.15) is 0 Å². The van der Waals surface area contributed by atoms with Gasteiger partial charge < -0.3 is 30.2 Å². The molecular weight excluding hydrogens is 524 g/mol. The normalized spacial score (nSPS) is 12.9. The molecule has 5 aromatic rings. The maximum Gasteiger partial charge on any atom is 0.230 e. The molecule has 0 unspecified atom stereocenters. The summed E-state index contributed by atoms with van der Waals surface area (Å²) in [6, 6.07) is 3.21. The van der Waals surface area contributed by atoms with Crippen LogP contribution in [-0.4, -0.2) is 39.5 Å². The molecule has 0 aliphatic heterocycles. The average Bonchev–Trinajstić information content (AvgIpc) is 3.11. The summed E-state index contributed by atoms with van der Waals surface area (Å²) < 4.78 is 17.6. The second-order valence-electron chi connectivity index (χ2n) is 10.2. The van der Waals surface area contributed by atoms with Crippen LogP contribution in [0.1, 0.15) is 31.9 Å². The van der Waals surface area contributed by atoms with E-state index in [2.05, 4.69) is 21.7 Å². The fourth-order valence-corrected chi connectivity index (χ4v) is 6.33. The molecule has 10 heteroatoms. The number of fused-ring (bicyclic) bond motifs is 1. The van der Waals surface area contributed by atoms with E-state index in [1.54, 1.807) is 13.2 Å². The molecule has 0 fully saturated rings. The molecule has 0 atom stereocenters. The second kappa shape index (κ2) is 9.83. The van der Waals surface area contributed by atoms with Gasteiger partial charge in [0.1, 0.15) is 22.9 Å². The molecule has 0 bridgehead atoms. The van der Waals surface area contributed by atoms with Gasteiger partial charge in [-0.15, -0.1) is 0 Å². The van der Waals surface area contributed by atoms with Gasteiger partial charge in [0.2, 0.25) is 10.9 Å². The SMILES string of the molecule is CCNNc1c2c3c4c(c(OC)c(=O)c5c(NNCC)cc(OC)c(c6c(OC)cc(O)c(c1=O)c63)c54)CC(C)=C2. The minimum absolute atomic E-state index is 0.153. The number of hydrazine groups is 2. The Hall–Kier alpha value is -4.54. The molecule has 1 aliphatic rings. The lowest BCUT2D eigenvalue weighted by Gasteiger charge is -2.24. The first-order chi connectivity index (χ1) is 19.8. The fourth-order valence-electron chi connectivity index (χ4n) is 6.33. The third kappa shape index (κ3) is 3.57. The zero-order valence-corrected chi connectivity index (χ0v) is 23.8. The number of methoxy groups -OCH3 is 3. The van der Waals surface area contributed by atoms with E-state index in [-0.39, 0.29) is 27.7 Å². The van der Waals surface area contributed by atoms with Crippen molar-refractivity contribution < 1.29 is 19.3 Å². The molecule has 0 aromatic heterocycles. The summed E-state index contributed by atoms with van der Waals surface area (Å²) in [5.74, 6) is 0.880. The maximum atomic E-state index is 14.2. The number of ether oxygens (including phenoxy) is 3. The van der Waals surface area contributed by atoms with Gasteiger partial charge in [0, 0.05) is 63.3 Å². The number of phenolic OH excluding ortho intramolecular Hbond substituents is 1. The van der Waals surface area contributed by atoms with Gasteiger partial charge in [0.05, 0.1) is 37.8 Å². The van der Waals surface area contributed by atoms with E-state index >= 15 is 0 Å². The van der Waals surface area contributed by atoms with E-state index in [0.717, 1.165) is 16.3 Å². The quantitative estimate of drug-likeness (QED) is 0.101. The molecule has 0 spiro atoms. The number of hydrogen-bond donors (Lipinski definition) is 5. The Morgan fingerprint density at radius 1 is 0.756 bits per heavy atom. The number of benzene rings is 5. The number of aromatic hydroxyl groups is 1. The molecule has 5 aromatic carbocycles. The summed E-state index contributed by atoms with van der Waals surface area (Å²) in [5.41, 5.74) is 15.0. The summed E-state index contributed by atoms with van der Waals surface area (Å²) in [7, 11) is 4.57. The van der Waals surface area contributed by atoms with Crippen LogP contribution < -0.4 is 46.8 Å². The zero-order valence-electron chi connectivity index (χ0n) is 23.8. The summed E-state index contributed by atoms with van der Waals surface area (Å²) in [6.07, 6.45) is 2.39. The molecule has 10 nitrogen and oxygen atoms in total. The van der Waals surface area contributed by atoms with E-state index in [1.807, 2.05) is 26.8 Å². The molecule has 0 amide bonds. The highest BCUT2D eigenvalue weighted by Crippen LogP contribution is 2.54. The minimum Gasteiger partial charge on any atom is -0.507 e. The smallest absolute Gasteiger partial charge is 0.230 e. The van der Waals surface area contributed by atoms with Crippen LogP contribution in [0.3, 0.4) is 0 Å². The highest BCUT2D eigenvalue weighted by atomic mass is 16.5. The summed E-state index contributed by atoms with van der Waals surface area (Å²) >= 11 is 0. The summed E-state index contributed by atoms with van der Waals surface area (Å²) in [5, 5.41) is 15.7. The van der Waals surface area contributed by atoms with Crippen LogP contribution in [0, 0.1) is 0 Å². The van der Waals surface area contributed by atoms with Crippen molar-refractivity contribution in [1.82, 2.24) is 10.9 Å². The van der Waals surface area contributed by atoms with Crippen LogP contribution in [0.15, 0.2) is 27.3 Å². The minimum atomic E-state index is -0.356. The van der Waals surface area contributed by atoms with Gasteiger partial charge in [0.15, 0.2) is 5.75 Å². The van der Waals surface area contributed by atoms with Gasteiger partial charge in [0.25, 0.3) is 0 Å². The number of nitrogens with one attached hydrogen (secondary N) is 4. The van der Waals surface area contributed by atoms with Crippen molar-refractivity contribution in [3.63, 3.8) is 0 Å². The van der Waals surface area contributed by atoms with Crippen molar-refractivity contribution in [2.75, 3.05) is 45.3 Å². The Morgan fingerprint density at radius 2 is 1.39 bits per heavy atom. The summed E-state index contributed by atoms with van der Waals surface area (Å²) in [4.78, 5) is 28.4. The first-order valence-corrected chi connectivity index (χ1v) is 13.5. The van der Waals surface area contributed by atoms with Crippen molar-refractivity contribution in [3.8, 4) is 23.0 Å². The molecule has 41 heavy (non-hydrogen) atoms. The second-order valence-corrected chi connectivity index (χ2v) is 10.2. The summed E-state index contributed by atoms with van der Waals surface area (Å²) in [6.45, 7) is 7.00. The number of phenols is 1. The Labute approximate surface area is 235 Å².